The Bertz CT molecular complexity index is 308. The molecule has 0 aromatic rings. The standard InChI is InChI=1S/C17H26O/c1-3-5-7-9-10-12-14-16-17(18)15-13-11-8-6-4-2/h3,17-18H,1,4-7,9-10,12,14,16H2,2H3. The van der Waals surface area contributed by atoms with Crippen LogP contribution in [0.15, 0.2) is 12.7 Å². The second-order valence-corrected chi connectivity index (χ2v) is 4.47. The highest BCUT2D eigenvalue weighted by atomic mass is 16.3. The van der Waals surface area contributed by atoms with Gasteiger partial charge in [0.15, 0.2) is 0 Å². The summed E-state index contributed by atoms with van der Waals surface area (Å²) in [6.07, 6.45) is 11.3. The SMILES string of the molecule is C=CCCCCCCCC(O)C#CC#CCCC. The Hall–Kier alpha value is -1.18. The van der Waals surface area contributed by atoms with E-state index < -0.39 is 6.10 Å². The Morgan fingerprint density at radius 3 is 2.56 bits per heavy atom. The predicted octanol–water partition coefficient (Wildman–Crippen LogP) is 4.07. The van der Waals surface area contributed by atoms with E-state index in [0.29, 0.717) is 0 Å². The normalized spacial score (nSPS) is 10.8. The van der Waals surface area contributed by atoms with Gasteiger partial charge in [-0.1, -0.05) is 44.1 Å². The van der Waals surface area contributed by atoms with Crippen molar-refractivity contribution in [2.24, 2.45) is 0 Å². The molecule has 100 valence electrons. The van der Waals surface area contributed by atoms with Crippen LogP contribution in [-0.2, 0) is 0 Å². The lowest BCUT2D eigenvalue weighted by Gasteiger charge is -2.02. The molecule has 18 heavy (non-hydrogen) atoms. The first-order valence-electron chi connectivity index (χ1n) is 7.08. The monoisotopic (exact) mass is 246 g/mol. The molecular formula is C17H26O. The molecule has 0 saturated heterocycles. The molecule has 0 radical (unpaired) electrons. The zero-order valence-corrected chi connectivity index (χ0v) is 11.7. The molecule has 0 rings (SSSR count). The highest BCUT2D eigenvalue weighted by molar-refractivity contribution is 5.27. The highest BCUT2D eigenvalue weighted by Gasteiger charge is 1.98. The second kappa shape index (κ2) is 13.9. The van der Waals surface area contributed by atoms with Gasteiger partial charge in [0.2, 0.25) is 0 Å². The maximum absolute atomic E-state index is 9.59. The van der Waals surface area contributed by atoms with E-state index in [4.69, 9.17) is 0 Å². The Balaban J connectivity index is 3.45. The molecule has 1 nitrogen and oxygen atoms in total. The van der Waals surface area contributed by atoms with Crippen molar-refractivity contribution in [3.05, 3.63) is 12.7 Å². The minimum atomic E-state index is -0.505. The Kier molecular flexibility index (Phi) is 13.0. The molecule has 1 N–H and O–H groups in total. The molecule has 0 amide bonds. The topological polar surface area (TPSA) is 20.2 Å². The largest absolute Gasteiger partial charge is 0.380 e. The molecule has 1 unspecified atom stereocenters. The Morgan fingerprint density at radius 2 is 1.83 bits per heavy atom. The zero-order chi connectivity index (χ0) is 13.5. The molecular weight excluding hydrogens is 220 g/mol. The molecule has 0 bridgehead atoms. The van der Waals surface area contributed by atoms with Gasteiger partial charge in [-0.15, -0.1) is 6.58 Å². The third-order valence-corrected chi connectivity index (χ3v) is 2.65. The summed E-state index contributed by atoms with van der Waals surface area (Å²) in [6.45, 7) is 5.79. The van der Waals surface area contributed by atoms with Gasteiger partial charge in [-0.05, 0) is 43.9 Å². The summed E-state index contributed by atoms with van der Waals surface area (Å²) in [6, 6.07) is 0. The average molecular weight is 246 g/mol. The first kappa shape index (κ1) is 16.8. The molecule has 0 heterocycles. The number of rotatable bonds is 9. The molecule has 1 atom stereocenters. The molecule has 0 aliphatic carbocycles. The van der Waals surface area contributed by atoms with Crippen LogP contribution in [0.2, 0.25) is 0 Å². The van der Waals surface area contributed by atoms with Crippen molar-refractivity contribution in [2.75, 3.05) is 0 Å². The van der Waals surface area contributed by atoms with Crippen molar-refractivity contribution in [3.63, 3.8) is 0 Å². The van der Waals surface area contributed by atoms with Crippen LogP contribution in [0.25, 0.3) is 0 Å². The third-order valence-electron chi connectivity index (χ3n) is 2.65. The summed E-state index contributed by atoms with van der Waals surface area (Å²) < 4.78 is 0. The van der Waals surface area contributed by atoms with Gasteiger partial charge in [0.25, 0.3) is 0 Å². The lowest BCUT2D eigenvalue weighted by molar-refractivity contribution is 0.217. The fourth-order valence-corrected chi connectivity index (χ4v) is 1.58. The number of aliphatic hydroxyl groups excluding tert-OH is 1. The van der Waals surface area contributed by atoms with Crippen LogP contribution in [0.4, 0.5) is 0 Å². The number of unbranched alkanes of at least 4 members (excludes halogenated alkanes) is 6. The lowest BCUT2D eigenvalue weighted by Crippen LogP contribution is -2.01. The van der Waals surface area contributed by atoms with Crippen molar-refractivity contribution in [1.82, 2.24) is 0 Å². The van der Waals surface area contributed by atoms with Crippen LogP contribution in [0.5, 0.6) is 0 Å². The van der Waals surface area contributed by atoms with Crippen LogP contribution >= 0.6 is 0 Å². The van der Waals surface area contributed by atoms with E-state index >= 15 is 0 Å². The molecule has 1 heteroatoms. The van der Waals surface area contributed by atoms with E-state index in [2.05, 4.69) is 37.2 Å². The van der Waals surface area contributed by atoms with Gasteiger partial charge in [0.05, 0.1) is 0 Å². The van der Waals surface area contributed by atoms with E-state index in [1.807, 2.05) is 6.08 Å². The number of hydrogen-bond donors (Lipinski definition) is 1. The molecule has 0 aromatic carbocycles. The summed E-state index contributed by atoms with van der Waals surface area (Å²) in [4.78, 5) is 0. The van der Waals surface area contributed by atoms with Crippen LogP contribution < -0.4 is 0 Å². The smallest absolute Gasteiger partial charge is 0.115 e. The summed E-state index contributed by atoms with van der Waals surface area (Å²) in [7, 11) is 0. The van der Waals surface area contributed by atoms with Gasteiger partial charge in [-0.25, -0.2) is 0 Å². The van der Waals surface area contributed by atoms with E-state index in [0.717, 1.165) is 32.1 Å². The molecule has 0 aliphatic heterocycles. The van der Waals surface area contributed by atoms with Gasteiger partial charge < -0.3 is 5.11 Å². The fourth-order valence-electron chi connectivity index (χ4n) is 1.58. The van der Waals surface area contributed by atoms with Crippen molar-refractivity contribution in [1.29, 1.82) is 0 Å². The zero-order valence-electron chi connectivity index (χ0n) is 11.7. The summed E-state index contributed by atoms with van der Waals surface area (Å²) >= 11 is 0. The van der Waals surface area contributed by atoms with Gasteiger partial charge in [-0.3, -0.25) is 0 Å². The van der Waals surface area contributed by atoms with Gasteiger partial charge >= 0.3 is 0 Å². The first-order chi connectivity index (χ1) is 8.81. The summed E-state index contributed by atoms with van der Waals surface area (Å²) in [5.41, 5.74) is 0. The molecule has 0 fully saturated rings. The van der Waals surface area contributed by atoms with Gasteiger partial charge in [0.1, 0.15) is 6.10 Å². The van der Waals surface area contributed by atoms with E-state index in [1.165, 1.54) is 25.7 Å². The maximum atomic E-state index is 9.59. The quantitative estimate of drug-likeness (QED) is 0.369. The lowest BCUT2D eigenvalue weighted by atomic mass is 10.1. The number of allylic oxidation sites excluding steroid dienone is 1. The Labute approximate surface area is 113 Å². The maximum Gasteiger partial charge on any atom is 0.115 e. The third kappa shape index (κ3) is 12.9. The predicted molar refractivity (Wildman–Crippen MR) is 79.0 cm³/mol. The van der Waals surface area contributed by atoms with Crippen molar-refractivity contribution >= 4 is 0 Å². The Morgan fingerprint density at radius 1 is 1.11 bits per heavy atom. The minimum Gasteiger partial charge on any atom is -0.380 e. The van der Waals surface area contributed by atoms with Gasteiger partial charge in [-0.2, -0.15) is 0 Å². The van der Waals surface area contributed by atoms with Gasteiger partial charge in [0, 0.05) is 6.42 Å². The van der Waals surface area contributed by atoms with Crippen LogP contribution in [-0.4, -0.2) is 11.2 Å². The summed E-state index contributed by atoms with van der Waals surface area (Å²) in [5.74, 6) is 11.2. The van der Waals surface area contributed by atoms with E-state index in [1.54, 1.807) is 0 Å². The van der Waals surface area contributed by atoms with Crippen LogP contribution in [0, 0.1) is 23.7 Å². The fraction of sp³-hybridized carbons (Fsp3) is 0.647. The first-order valence-corrected chi connectivity index (χ1v) is 7.08. The summed E-state index contributed by atoms with van der Waals surface area (Å²) in [5, 5.41) is 9.59. The average Bonchev–Trinajstić information content (AvgIpc) is 2.37. The number of hydrogen-bond acceptors (Lipinski definition) is 1. The molecule has 0 spiro atoms. The van der Waals surface area contributed by atoms with Crippen LogP contribution in [0.3, 0.4) is 0 Å². The highest BCUT2D eigenvalue weighted by Crippen LogP contribution is 2.08. The van der Waals surface area contributed by atoms with E-state index in [-0.39, 0.29) is 0 Å². The van der Waals surface area contributed by atoms with Crippen LogP contribution in [0.1, 0.15) is 64.7 Å². The van der Waals surface area contributed by atoms with Crippen molar-refractivity contribution in [3.8, 4) is 23.7 Å². The molecule has 0 aliphatic rings. The second-order valence-electron chi connectivity index (χ2n) is 4.47. The molecule has 0 aromatic heterocycles. The number of aliphatic hydroxyl groups is 1. The van der Waals surface area contributed by atoms with E-state index in [9.17, 15) is 5.11 Å². The van der Waals surface area contributed by atoms with Crippen molar-refractivity contribution in [2.45, 2.75) is 70.8 Å². The van der Waals surface area contributed by atoms with Crippen molar-refractivity contribution < 1.29 is 5.11 Å². The molecule has 0 saturated carbocycles. The minimum absolute atomic E-state index is 0.505.